The monoisotopic (exact) mass is 515 g/mol. The predicted molar refractivity (Wildman–Crippen MR) is 116 cm³/mol. The molecule has 0 unspecified atom stereocenters. The fourth-order valence-electron chi connectivity index (χ4n) is 3.84. The molecule has 11 heteroatoms. The van der Waals surface area contributed by atoms with Crippen LogP contribution in [0.25, 0.3) is 0 Å². The van der Waals surface area contributed by atoms with E-state index in [1.165, 1.54) is 16.7 Å². The first kappa shape index (κ1) is 24.5. The minimum atomic E-state index is -0.634. The maximum Gasteiger partial charge on any atom is 0.410 e. The summed E-state index contributed by atoms with van der Waals surface area (Å²) in [5, 5.41) is 0. The zero-order chi connectivity index (χ0) is 23.6. The summed E-state index contributed by atoms with van der Waals surface area (Å²) in [7, 11) is 1.26. The molecule has 3 rings (SSSR count). The topological polar surface area (TPSA) is 109 Å². The van der Waals surface area contributed by atoms with Crippen molar-refractivity contribution >= 4 is 34.0 Å². The van der Waals surface area contributed by atoms with E-state index >= 15 is 0 Å². The van der Waals surface area contributed by atoms with Crippen molar-refractivity contribution in [2.45, 2.75) is 52.1 Å². The highest BCUT2D eigenvalue weighted by atomic mass is 79.9. The molecule has 2 aliphatic heterocycles. The largest absolute Gasteiger partial charge is 0.464 e. The standard InChI is InChI=1S/C21H30BrN3O7/c1-12-10-24(20(28)31-21(2,3)4)11-14(12)18(26)32-25-16(22)15(19(27)29-5)23-17(25)13-6-8-30-9-7-13/h12-14H,6-11H2,1-5H3/t12-,14-/m1/s1. The summed E-state index contributed by atoms with van der Waals surface area (Å²) in [6.45, 7) is 8.97. The summed E-state index contributed by atoms with van der Waals surface area (Å²) in [5.74, 6) is -1.38. The van der Waals surface area contributed by atoms with Crippen LogP contribution >= 0.6 is 15.9 Å². The van der Waals surface area contributed by atoms with E-state index in [0.29, 0.717) is 38.4 Å². The van der Waals surface area contributed by atoms with Crippen LogP contribution in [0.2, 0.25) is 0 Å². The lowest BCUT2D eigenvalue weighted by molar-refractivity contribution is -0.150. The van der Waals surface area contributed by atoms with Crippen molar-refractivity contribution < 1.29 is 33.4 Å². The van der Waals surface area contributed by atoms with Gasteiger partial charge in [-0.2, -0.15) is 4.73 Å². The van der Waals surface area contributed by atoms with Gasteiger partial charge < -0.3 is 23.9 Å². The number of hydrogen-bond acceptors (Lipinski definition) is 8. The minimum Gasteiger partial charge on any atom is -0.464 e. The number of likely N-dealkylation sites (tertiary alicyclic amines) is 1. The Balaban J connectivity index is 1.80. The summed E-state index contributed by atoms with van der Waals surface area (Å²) >= 11 is 3.34. The molecule has 2 atom stereocenters. The number of imidazole rings is 1. The molecule has 32 heavy (non-hydrogen) atoms. The number of methoxy groups -OCH3 is 1. The fraction of sp³-hybridized carbons (Fsp3) is 0.714. The van der Waals surface area contributed by atoms with Gasteiger partial charge in [-0.05, 0) is 55.5 Å². The maximum atomic E-state index is 13.1. The van der Waals surface area contributed by atoms with Gasteiger partial charge in [0.1, 0.15) is 5.60 Å². The normalized spacial score (nSPS) is 22.0. The first-order valence-electron chi connectivity index (χ1n) is 10.7. The van der Waals surface area contributed by atoms with E-state index in [0.717, 1.165) is 0 Å². The Morgan fingerprint density at radius 1 is 1.16 bits per heavy atom. The van der Waals surface area contributed by atoms with Gasteiger partial charge in [-0.1, -0.05) is 6.92 Å². The van der Waals surface area contributed by atoms with Gasteiger partial charge in [-0.25, -0.2) is 19.4 Å². The average molecular weight is 516 g/mol. The van der Waals surface area contributed by atoms with Gasteiger partial charge in [0.15, 0.2) is 16.1 Å². The van der Waals surface area contributed by atoms with Crippen molar-refractivity contribution in [2.24, 2.45) is 11.8 Å². The Kier molecular flexibility index (Phi) is 7.49. The van der Waals surface area contributed by atoms with Crippen molar-refractivity contribution in [3.8, 4) is 0 Å². The van der Waals surface area contributed by atoms with Crippen LogP contribution in [-0.2, 0) is 19.0 Å². The number of aromatic nitrogens is 2. The molecule has 1 aromatic heterocycles. The van der Waals surface area contributed by atoms with Crippen molar-refractivity contribution in [1.82, 2.24) is 14.6 Å². The van der Waals surface area contributed by atoms with E-state index in [-0.39, 0.29) is 28.7 Å². The quantitative estimate of drug-likeness (QED) is 0.563. The van der Waals surface area contributed by atoms with Gasteiger partial charge in [0.05, 0.1) is 13.0 Å². The van der Waals surface area contributed by atoms with Crippen LogP contribution in [0.5, 0.6) is 0 Å². The van der Waals surface area contributed by atoms with E-state index in [1.807, 2.05) is 6.92 Å². The SMILES string of the molecule is COC(=O)c1nc(C2CCOCC2)n(OC(=O)[C@@H]2CN(C(=O)OC(C)(C)C)C[C@H]2C)c1Br. The molecule has 2 saturated heterocycles. The van der Waals surface area contributed by atoms with Gasteiger partial charge in [0, 0.05) is 32.2 Å². The van der Waals surface area contributed by atoms with Crippen LogP contribution < -0.4 is 4.84 Å². The fourth-order valence-corrected chi connectivity index (χ4v) is 4.34. The number of ether oxygens (including phenoxy) is 3. The number of carbonyl (C=O) groups excluding carboxylic acids is 3. The number of rotatable bonds is 4. The van der Waals surface area contributed by atoms with Gasteiger partial charge in [0.25, 0.3) is 0 Å². The summed E-state index contributed by atoms with van der Waals surface area (Å²) in [6.07, 6.45) is 0.918. The third kappa shape index (κ3) is 5.43. The Bertz CT molecular complexity index is 873. The summed E-state index contributed by atoms with van der Waals surface area (Å²) in [6, 6.07) is 0. The van der Waals surface area contributed by atoms with Gasteiger partial charge >= 0.3 is 18.0 Å². The molecule has 2 aliphatic rings. The predicted octanol–water partition coefficient (Wildman–Crippen LogP) is 2.78. The number of nitrogens with zero attached hydrogens (tertiary/aromatic N) is 3. The van der Waals surface area contributed by atoms with Crippen LogP contribution in [0.15, 0.2) is 4.60 Å². The number of amides is 1. The minimum absolute atomic E-state index is 0.0366. The van der Waals surface area contributed by atoms with E-state index in [4.69, 9.17) is 19.0 Å². The number of esters is 1. The lowest BCUT2D eigenvalue weighted by Gasteiger charge is -2.24. The zero-order valence-corrected chi connectivity index (χ0v) is 20.6. The van der Waals surface area contributed by atoms with Crippen LogP contribution in [0.3, 0.4) is 0 Å². The Morgan fingerprint density at radius 2 is 1.81 bits per heavy atom. The van der Waals surface area contributed by atoms with Crippen molar-refractivity contribution in [3.05, 3.63) is 16.1 Å². The molecule has 178 valence electrons. The lowest BCUT2D eigenvalue weighted by atomic mass is 9.99. The number of halogens is 1. The third-order valence-corrected chi connectivity index (χ3v) is 6.22. The smallest absolute Gasteiger partial charge is 0.410 e. The van der Waals surface area contributed by atoms with Crippen LogP contribution in [0.1, 0.15) is 62.8 Å². The first-order valence-corrected chi connectivity index (χ1v) is 11.5. The average Bonchev–Trinajstić information content (AvgIpc) is 3.28. The molecule has 0 bridgehead atoms. The first-order chi connectivity index (χ1) is 15.0. The molecular weight excluding hydrogens is 486 g/mol. The maximum absolute atomic E-state index is 13.1. The summed E-state index contributed by atoms with van der Waals surface area (Å²) in [5.41, 5.74) is -0.583. The molecule has 0 radical (unpaired) electrons. The highest BCUT2D eigenvalue weighted by Crippen LogP contribution is 2.31. The Labute approximate surface area is 195 Å². The molecule has 0 saturated carbocycles. The van der Waals surface area contributed by atoms with Crippen molar-refractivity contribution in [2.75, 3.05) is 33.4 Å². The van der Waals surface area contributed by atoms with Gasteiger partial charge in [-0.15, -0.1) is 0 Å². The van der Waals surface area contributed by atoms with E-state index < -0.39 is 29.6 Å². The van der Waals surface area contributed by atoms with E-state index in [2.05, 4.69) is 20.9 Å². The highest BCUT2D eigenvalue weighted by Gasteiger charge is 2.41. The zero-order valence-electron chi connectivity index (χ0n) is 19.1. The molecular formula is C21H30BrN3O7. The molecule has 0 aromatic carbocycles. The second kappa shape index (κ2) is 9.78. The molecule has 0 spiro atoms. The highest BCUT2D eigenvalue weighted by molar-refractivity contribution is 9.10. The lowest BCUT2D eigenvalue weighted by Crippen LogP contribution is -2.37. The second-order valence-electron chi connectivity index (χ2n) is 9.16. The third-order valence-electron chi connectivity index (χ3n) is 5.52. The van der Waals surface area contributed by atoms with Crippen LogP contribution in [0.4, 0.5) is 4.79 Å². The molecule has 1 amide bonds. The van der Waals surface area contributed by atoms with E-state index in [9.17, 15) is 14.4 Å². The summed E-state index contributed by atoms with van der Waals surface area (Å²) in [4.78, 5) is 49.3. The molecule has 1 aromatic rings. The Morgan fingerprint density at radius 3 is 2.41 bits per heavy atom. The van der Waals surface area contributed by atoms with Crippen LogP contribution in [-0.4, -0.2) is 71.7 Å². The van der Waals surface area contributed by atoms with Crippen molar-refractivity contribution in [1.29, 1.82) is 0 Å². The van der Waals surface area contributed by atoms with Gasteiger partial charge in [-0.3, -0.25) is 0 Å². The molecule has 2 fully saturated rings. The van der Waals surface area contributed by atoms with Gasteiger partial charge in [0.2, 0.25) is 0 Å². The van der Waals surface area contributed by atoms with E-state index in [1.54, 1.807) is 20.8 Å². The number of carbonyl (C=O) groups is 3. The molecule has 10 nitrogen and oxygen atoms in total. The molecule has 3 heterocycles. The second-order valence-corrected chi connectivity index (χ2v) is 9.91. The van der Waals surface area contributed by atoms with Crippen LogP contribution in [0, 0.1) is 11.8 Å². The van der Waals surface area contributed by atoms with Crippen molar-refractivity contribution in [3.63, 3.8) is 0 Å². The number of hydrogen-bond donors (Lipinski definition) is 0. The molecule has 0 aliphatic carbocycles. The summed E-state index contributed by atoms with van der Waals surface area (Å²) < 4.78 is 17.1. The molecule has 0 N–H and O–H groups in total. The Hall–Kier alpha value is -2.14.